The van der Waals surface area contributed by atoms with Crippen LogP contribution in [0.4, 0.5) is 13.2 Å². The molecule has 1 unspecified atom stereocenters. The molecule has 0 saturated carbocycles. The molecule has 0 aromatic heterocycles. The van der Waals surface area contributed by atoms with Crippen molar-refractivity contribution < 1.29 is 18.3 Å². The highest BCUT2D eigenvalue weighted by atomic mass is 19.4. The van der Waals surface area contributed by atoms with Gasteiger partial charge in [0.1, 0.15) is 0 Å². The molecule has 4 heteroatoms. The van der Waals surface area contributed by atoms with Gasteiger partial charge in [0.25, 0.3) is 0 Å². The van der Waals surface area contributed by atoms with E-state index in [0.717, 1.165) is 12.2 Å². The summed E-state index contributed by atoms with van der Waals surface area (Å²) in [6.07, 6.45) is -0.465. The van der Waals surface area contributed by atoms with Gasteiger partial charge >= 0.3 is 6.18 Å². The van der Waals surface area contributed by atoms with Crippen molar-refractivity contribution >= 4 is 0 Å². The van der Waals surface area contributed by atoms with Crippen LogP contribution in [0.15, 0.2) is 23.8 Å². The molecule has 1 aliphatic carbocycles. The number of hydrogen-bond donors (Lipinski definition) is 1. The van der Waals surface area contributed by atoms with Gasteiger partial charge in [-0.25, -0.2) is 0 Å². The minimum absolute atomic E-state index is 0.0991. The third-order valence-electron chi connectivity index (χ3n) is 1.75. The lowest BCUT2D eigenvalue weighted by Crippen LogP contribution is -2.14. The number of hydrogen-bond acceptors (Lipinski definition) is 1. The Morgan fingerprint density at radius 2 is 2.17 bits per heavy atom. The summed E-state index contributed by atoms with van der Waals surface area (Å²) >= 11 is 0. The van der Waals surface area contributed by atoms with E-state index in [1.165, 1.54) is 6.08 Å². The molecule has 0 aliphatic heterocycles. The van der Waals surface area contributed by atoms with Crippen LogP contribution in [-0.2, 0) is 0 Å². The first-order valence-corrected chi connectivity index (χ1v) is 3.60. The van der Waals surface area contributed by atoms with Crippen molar-refractivity contribution in [3.63, 3.8) is 0 Å². The Morgan fingerprint density at radius 1 is 1.50 bits per heavy atom. The molecule has 12 heavy (non-hydrogen) atoms. The minimum Gasteiger partial charge on any atom is -0.396 e. The molecule has 0 amide bonds. The van der Waals surface area contributed by atoms with Gasteiger partial charge in [0.05, 0.1) is 5.57 Å². The molecule has 0 aromatic rings. The molecule has 0 saturated heterocycles. The molecule has 0 fully saturated rings. The van der Waals surface area contributed by atoms with E-state index in [2.05, 4.69) is 0 Å². The maximum atomic E-state index is 12.0. The number of rotatable bonds is 1. The van der Waals surface area contributed by atoms with Crippen LogP contribution < -0.4 is 0 Å². The average molecular weight is 178 g/mol. The van der Waals surface area contributed by atoms with E-state index in [0.29, 0.717) is 0 Å². The molecule has 0 spiro atoms. The molecule has 0 bridgehead atoms. The van der Waals surface area contributed by atoms with Crippen molar-refractivity contribution in [2.75, 3.05) is 6.61 Å². The SMILES string of the molecule is OCC1C=CC(C(F)(F)F)=CC1. The second kappa shape index (κ2) is 3.31. The van der Waals surface area contributed by atoms with Gasteiger partial charge in [-0.05, 0) is 6.42 Å². The van der Waals surface area contributed by atoms with Crippen molar-refractivity contribution in [2.45, 2.75) is 12.6 Å². The van der Waals surface area contributed by atoms with Crippen LogP contribution in [0.1, 0.15) is 6.42 Å². The average Bonchev–Trinajstić information content (AvgIpc) is 2.03. The van der Waals surface area contributed by atoms with Crippen molar-refractivity contribution in [3.8, 4) is 0 Å². The summed E-state index contributed by atoms with van der Waals surface area (Å²) in [7, 11) is 0. The number of aliphatic hydroxyl groups excluding tert-OH is 1. The summed E-state index contributed by atoms with van der Waals surface area (Å²) in [4.78, 5) is 0. The highest BCUT2D eigenvalue weighted by Crippen LogP contribution is 2.30. The molecule has 1 aliphatic rings. The van der Waals surface area contributed by atoms with Gasteiger partial charge in [-0.15, -0.1) is 0 Å². The first-order valence-electron chi connectivity index (χ1n) is 3.60. The van der Waals surface area contributed by atoms with E-state index in [9.17, 15) is 13.2 Å². The van der Waals surface area contributed by atoms with E-state index in [1.807, 2.05) is 0 Å². The normalized spacial score (nSPS) is 24.0. The fraction of sp³-hybridized carbons (Fsp3) is 0.500. The molecule has 1 atom stereocenters. The lowest BCUT2D eigenvalue weighted by molar-refractivity contribution is -0.0887. The van der Waals surface area contributed by atoms with Crippen LogP contribution in [0.2, 0.25) is 0 Å². The molecule has 68 valence electrons. The summed E-state index contributed by atoms with van der Waals surface area (Å²) in [5, 5.41) is 8.62. The second-order valence-electron chi connectivity index (χ2n) is 2.69. The Hall–Kier alpha value is -0.770. The third kappa shape index (κ3) is 2.11. The van der Waals surface area contributed by atoms with E-state index < -0.39 is 11.7 Å². The van der Waals surface area contributed by atoms with E-state index >= 15 is 0 Å². The van der Waals surface area contributed by atoms with Gasteiger partial charge in [-0.1, -0.05) is 18.2 Å². The van der Waals surface area contributed by atoms with Gasteiger partial charge in [-0.3, -0.25) is 0 Å². The van der Waals surface area contributed by atoms with Crippen molar-refractivity contribution in [1.82, 2.24) is 0 Å². The standard InChI is InChI=1S/C8H9F3O/c9-8(10,11)7-3-1-6(5-12)2-4-7/h1,3-4,6,12H,2,5H2. The lowest BCUT2D eigenvalue weighted by Gasteiger charge is -2.15. The predicted molar refractivity (Wildman–Crippen MR) is 38.5 cm³/mol. The molecular formula is C8H9F3O. The molecule has 0 heterocycles. The lowest BCUT2D eigenvalue weighted by atomic mass is 9.97. The maximum Gasteiger partial charge on any atom is 0.416 e. The number of halogens is 3. The smallest absolute Gasteiger partial charge is 0.396 e. The molecule has 0 radical (unpaired) electrons. The molecular weight excluding hydrogens is 169 g/mol. The molecule has 1 rings (SSSR count). The van der Waals surface area contributed by atoms with Gasteiger partial charge < -0.3 is 5.11 Å². The van der Waals surface area contributed by atoms with Crippen LogP contribution in [0.3, 0.4) is 0 Å². The fourth-order valence-corrected chi connectivity index (χ4v) is 1.01. The Morgan fingerprint density at radius 3 is 2.50 bits per heavy atom. The van der Waals surface area contributed by atoms with Crippen LogP contribution in [-0.4, -0.2) is 17.9 Å². The Balaban J connectivity index is 2.64. The Bertz CT molecular complexity index is 215. The summed E-state index contributed by atoms with van der Waals surface area (Å²) in [6, 6.07) is 0. The third-order valence-corrected chi connectivity index (χ3v) is 1.75. The Kier molecular flexibility index (Phi) is 2.57. The summed E-state index contributed by atoms with van der Waals surface area (Å²) in [5.74, 6) is -0.156. The summed E-state index contributed by atoms with van der Waals surface area (Å²) in [6.45, 7) is -0.0991. The number of aliphatic hydroxyl groups is 1. The second-order valence-corrected chi connectivity index (χ2v) is 2.69. The van der Waals surface area contributed by atoms with E-state index in [-0.39, 0.29) is 18.9 Å². The van der Waals surface area contributed by atoms with Crippen LogP contribution in [0, 0.1) is 5.92 Å². The highest BCUT2D eigenvalue weighted by molar-refractivity contribution is 5.27. The van der Waals surface area contributed by atoms with Crippen LogP contribution in [0.25, 0.3) is 0 Å². The predicted octanol–water partition coefficient (Wildman–Crippen LogP) is 2.04. The van der Waals surface area contributed by atoms with Gasteiger partial charge in [0.2, 0.25) is 0 Å². The first-order chi connectivity index (χ1) is 5.54. The van der Waals surface area contributed by atoms with Crippen molar-refractivity contribution in [2.24, 2.45) is 5.92 Å². The Labute approximate surface area is 68.2 Å². The highest BCUT2D eigenvalue weighted by Gasteiger charge is 2.32. The van der Waals surface area contributed by atoms with E-state index in [1.54, 1.807) is 0 Å². The topological polar surface area (TPSA) is 20.2 Å². The quantitative estimate of drug-likeness (QED) is 0.651. The molecule has 1 N–H and O–H groups in total. The largest absolute Gasteiger partial charge is 0.416 e. The zero-order chi connectivity index (χ0) is 9.19. The van der Waals surface area contributed by atoms with Crippen molar-refractivity contribution in [1.29, 1.82) is 0 Å². The molecule has 1 nitrogen and oxygen atoms in total. The summed E-state index contributed by atoms with van der Waals surface area (Å²) in [5.41, 5.74) is -0.618. The zero-order valence-electron chi connectivity index (χ0n) is 6.30. The number of allylic oxidation sites excluding steroid dienone is 3. The van der Waals surface area contributed by atoms with Crippen molar-refractivity contribution in [3.05, 3.63) is 23.8 Å². The minimum atomic E-state index is -4.25. The molecule has 0 aromatic carbocycles. The first kappa shape index (κ1) is 9.32. The van der Waals surface area contributed by atoms with Gasteiger partial charge in [0, 0.05) is 12.5 Å². The summed E-state index contributed by atoms with van der Waals surface area (Å²) < 4.78 is 36.0. The number of alkyl halides is 3. The van der Waals surface area contributed by atoms with Crippen LogP contribution >= 0.6 is 0 Å². The monoisotopic (exact) mass is 178 g/mol. The fourth-order valence-electron chi connectivity index (χ4n) is 1.01. The van der Waals surface area contributed by atoms with E-state index in [4.69, 9.17) is 5.11 Å². The zero-order valence-corrected chi connectivity index (χ0v) is 6.30. The van der Waals surface area contributed by atoms with Gasteiger partial charge in [0.15, 0.2) is 0 Å². The maximum absolute atomic E-state index is 12.0. The van der Waals surface area contributed by atoms with Crippen LogP contribution in [0.5, 0.6) is 0 Å². The van der Waals surface area contributed by atoms with Gasteiger partial charge in [-0.2, -0.15) is 13.2 Å².